The van der Waals surface area contributed by atoms with Crippen molar-refractivity contribution in [3.8, 4) is 5.75 Å². The monoisotopic (exact) mass is 262 g/mol. The van der Waals surface area contributed by atoms with Gasteiger partial charge in [0, 0.05) is 18.3 Å². The molecule has 0 aromatic heterocycles. The Morgan fingerprint density at radius 3 is 2.58 bits per heavy atom. The Morgan fingerprint density at radius 2 is 2.00 bits per heavy atom. The molecule has 1 atom stereocenters. The van der Waals surface area contributed by atoms with Crippen LogP contribution in [0.1, 0.15) is 27.7 Å². The summed E-state index contributed by atoms with van der Waals surface area (Å²) in [6.45, 7) is 9.29. The van der Waals surface area contributed by atoms with E-state index < -0.39 is 5.54 Å². The predicted molar refractivity (Wildman–Crippen MR) is 76.6 cm³/mol. The minimum atomic E-state index is -0.509. The zero-order valence-electron chi connectivity index (χ0n) is 12.1. The standard InChI is InChI=1S/C15H22N2O2/c1-5-19-13-8-6-12(7-9-13)17-11(2)10-16-15(3,4)14(17)18/h6-9,11,16H,5,10H2,1-4H3. The lowest BCUT2D eigenvalue weighted by Gasteiger charge is -2.42. The maximum absolute atomic E-state index is 12.5. The maximum atomic E-state index is 12.5. The van der Waals surface area contributed by atoms with E-state index in [0.717, 1.165) is 18.0 Å². The van der Waals surface area contributed by atoms with Crippen LogP contribution in [0.2, 0.25) is 0 Å². The van der Waals surface area contributed by atoms with Gasteiger partial charge in [0.15, 0.2) is 0 Å². The van der Waals surface area contributed by atoms with Crippen LogP contribution in [0.4, 0.5) is 5.69 Å². The van der Waals surface area contributed by atoms with E-state index in [4.69, 9.17) is 4.74 Å². The van der Waals surface area contributed by atoms with Crippen LogP contribution in [0, 0.1) is 0 Å². The topological polar surface area (TPSA) is 41.6 Å². The highest BCUT2D eigenvalue weighted by Crippen LogP contribution is 2.26. The van der Waals surface area contributed by atoms with E-state index >= 15 is 0 Å². The van der Waals surface area contributed by atoms with Gasteiger partial charge < -0.3 is 15.0 Å². The van der Waals surface area contributed by atoms with E-state index in [1.54, 1.807) is 0 Å². The first-order valence-corrected chi connectivity index (χ1v) is 6.77. The van der Waals surface area contributed by atoms with Crippen molar-refractivity contribution in [3.63, 3.8) is 0 Å². The van der Waals surface area contributed by atoms with Crippen LogP contribution >= 0.6 is 0 Å². The number of carbonyl (C=O) groups is 1. The molecule has 0 radical (unpaired) electrons. The molecule has 0 bridgehead atoms. The minimum Gasteiger partial charge on any atom is -0.494 e. The average molecular weight is 262 g/mol. The molecule has 1 aliphatic heterocycles. The molecule has 19 heavy (non-hydrogen) atoms. The highest BCUT2D eigenvalue weighted by atomic mass is 16.5. The summed E-state index contributed by atoms with van der Waals surface area (Å²) < 4.78 is 5.43. The van der Waals surface area contributed by atoms with Gasteiger partial charge in [-0.05, 0) is 52.0 Å². The number of nitrogens with one attached hydrogen (secondary N) is 1. The van der Waals surface area contributed by atoms with Crippen LogP contribution in [0.15, 0.2) is 24.3 Å². The van der Waals surface area contributed by atoms with Gasteiger partial charge in [0.1, 0.15) is 5.75 Å². The SMILES string of the molecule is CCOc1ccc(N2C(=O)C(C)(C)NCC2C)cc1. The molecule has 0 aliphatic carbocycles. The highest BCUT2D eigenvalue weighted by molar-refractivity contribution is 6.01. The van der Waals surface area contributed by atoms with Crippen molar-refractivity contribution in [3.05, 3.63) is 24.3 Å². The van der Waals surface area contributed by atoms with Crippen molar-refractivity contribution in [2.75, 3.05) is 18.1 Å². The fraction of sp³-hybridized carbons (Fsp3) is 0.533. The lowest BCUT2D eigenvalue weighted by atomic mass is 9.97. The van der Waals surface area contributed by atoms with Crippen LogP contribution < -0.4 is 15.0 Å². The number of benzene rings is 1. The van der Waals surface area contributed by atoms with E-state index in [1.165, 1.54) is 0 Å². The lowest BCUT2D eigenvalue weighted by Crippen LogP contribution is -2.64. The number of carbonyl (C=O) groups excluding carboxylic acids is 1. The summed E-state index contributed by atoms with van der Waals surface area (Å²) in [5.74, 6) is 0.941. The van der Waals surface area contributed by atoms with Crippen LogP contribution in [0.5, 0.6) is 5.75 Å². The molecule has 4 heteroatoms. The number of hydrogen-bond acceptors (Lipinski definition) is 3. The van der Waals surface area contributed by atoms with Crippen LogP contribution in [-0.2, 0) is 4.79 Å². The molecule has 1 saturated heterocycles. The molecule has 1 fully saturated rings. The molecular formula is C15H22N2O2. The van der Waals surface area contributed by atoms with Gasteiger partial charge in [0.25, 0.3) is 0 Å². The quantitative estimate of drug-likeness (QED) is 0.908. The molecule has 1 unspecified atom stereocenters. The Labute approximate surface area is 114 Å². The molecule has 1 aliphatic rings. The van der Waals surface area contributed by atoms with Crippen LogP contribution in [0.25, 0.3) is 0 Å². The van der Waals surface area contributed by atoms with Gasteiger partial charge >= 0.3 is 0 Å². The molecule has 104 valence electrons. The summed E-state index contributed by atoms with van der Waals surface area (Å²) in [5.41, 5.74) is 0.418. The molecule has 1 N–H and O–H groups in total. The summed E-state index contributed by atoms with van der Waals surface area (Å²) in [7, 11) is 0. The molecule has 1 aromatic carbocycles. The van der Waals surface area contributed by atoms with Crippen molar-refractivity contribution in [1.82, 2.24) is 5.32 Å². The second-order valence-corrected chi connectivity index (χ2v) is 5.46. The lowest BCUT2D eigenvalue weighted by molar-refractivity contribution is -0.125. The van der Waals surface area contributed by atoms with Crippen molar-refractivity contribution in [2.24, 2.45) is 0 Å². The number of ether oxygens (including phenoxy) is 1. The summed E-state index contributed by atoms with van der Waals surface area (Å²) in [6.07, 6.45) is 0. The van der Waals surface area contributed by atoms with Crippen LogP contribution in [0.3, 0.4) is 0 Å². The molecule has 1 amide bonds. The van der Waals surface area contributed by atoms with E-state index in [-0.39, 0.29) is 11.9 Å². The largest absolute Gasteiger partial charge is 0.494 e. The molecule has 1 aromatic rings. The highest BCUT2D eigenvalue weighted by Gasteiger charge is 2.39. The first-order valence-electron chi connectivity index (χ1n) is 6.77. The van der Waals surface area contributed by atoms with Crippen LogP contribution in [-0.4, -0.2) is 30.6 Å². The van der Waals surface area contributed by atoms with Gasteiger partial charge in [-0.1, -0.05) is 0 Å². The Balaban J connectivity index is 2.25. The van der Waals surface area contributed by atoms with Gasteiger partial charge in [-0.3, -0.25) is 4.79 Å². The number of amides is 1. The maximum Gasteiger partial charge on any atom is 0.247 e. The normalized spacial score (nSPS) is 22.4. The van der Waals surface area contributed by atoms with Crippen molar-refractivity contribution in [1.29, 1.82) is 0 Å². The molecule has 1 heterocycles. The second-order valence-electron chi connectivity index (χ2n) is 5.46. The van der Waals surface area contributed by atoms with Gasteiger partial charge in [0.2, 0.25) is 5.91 Å². The second kappa shape index (κ2) is 5.21. The Hall–Kier alpha value is -1.55. The predicted octanol–water partition coefficient (Wildman–Crippen LogP) is 2.19. The zero-order chi connectivity index (χ0) is 14.0. The fourth-order valence-corrected chi connectivity index (χ4v) is 2.31. The van der Waals surface area contributed by atoms with Crippen molar-refractivity contribution in [2.45, 2.75) is 39.3 Å². The Kier molecular flexibility index (Phi) is 3.80. The Bertz CT molecular complexity index is 454. The average Bonchev–Trinajstić information content (AvgIpc) is 2.37. The Morgan fingerprint density at radius 1 is 1.37 bits per heavy atom. The third-order valence-corrected chi connectivity index (χ3v) is 3.46. The first-order chi connectivity index (χ1) is 8.95. The zero-order valence-corrected chi connectivity index (χ0v) is 12.1. The van der Waals surface area contributed by atoms with Gasteiger partial charge in [-0.2, -0.15) is 0 Å². The molecule has 2 rings (SSSR count). The minimum absolute atomic E-state index is 0.107. The van der Waals surface area contributed by atoms with Crippen molar-refractivity contribution < 1.29 is 9.53 Å². The van der Waals surface area contributed by atoms with Gasteiger partial charge in [0.05, 0.1) is 12.1 Å². The van der Waals surface area contributed by atoms with E-state index in [9.17, 15) is 4.79 Å². The van der Waals surface area contributed by atoms with Crippen molar-refractivity contribution >= 4 is 11.6 Å². The molecule has 0 spiro atoms. The number of piperazine rings is 1. The van der Waals surface area contributed by atoms with E-state index in [0.29, 0.717) is 6.61 Å². The fourth-order valence-electron chi connectivity index (χ4n) is 2.31. The summed E-state index contributed by atoms with van der Waals surface area (Å²) in [6, 6.07) is 7.86. The molecule has 0 saturated carbocycles. The first kappa shape index (κ1) is 13.9. The van der Waals surface area contributed by atoms with Gasteiger partial charge in [-0.15, -0.1) is 0 Å². The smallest absolute Gasteiger partial charge is 0.247 e. The number of anilines is 1. The number of nitrogens with zero attached hydrogens (tertiary/aromatic N) is 1. The summed E-state index contributed by atoms with van der Waals surface area (Å²) in [5, 5.41) is 3.27. The summed E-state index contributed by atoms with van der Waals surface area (Å²) in [4.78, 5) is 14.4. The van der Waals surface area contributed by atoms with E-state index in [2.05, 4.69) is 12.2 Å². The van der Waals surface area contributed by atoms with Gasteiger partial charge in [-0.25, -0.2) is 0 Å². The van der Waals surface area contributed by atoms with E-state index in [1.807, 2.05) is 49.9 Å². The number of hydrogen-bond donors (Lipinski definition) is 1. The summed E-state index contributed by atoms with van der Waals surface area (Å²) >= 11 is 0. The molecule has 4 nitrogen and oxygen atoms in total. The molecular weight excluding hydrogens is 240 g/mol. The number of rotatable bonds is 3. The third-order valence-electron chi connectivity index (χ3n) is 3.46. The third kappa shape index (κ3) is 2.73.